The summed E-state index contributed by atoms with van der Waals surface area (Å²) >= 11 is 0. The molecule has 2 N–H and O–H groups in total. The second-order valence-electron chi connectivity index (χ2n) is 7.01. The molecule has 0 amide bonds. The maximum atomic E-state index is 12.7. The van der Waals surface area contributed by atoms with Crippen molar-refractivity contribution in [3.8, 4) is 22.6 Å². The maximum absolute atomic E-state index is 12.7. The van der Waals surface area contributed by atoms with Crippen LogP contribution in [-0.2, 0) is 11.2 Å². The van der Waals surface area contributed by atoms with Crippen LogP contribution in [0.1, 0.15) is 28.5 Å². The van der Waals surface area contributed by atoms with E-state index >= 15 is 0 Å². The first kappa shape index (κ1) is 19.6. The lowest BCUT2D eigenvalue weighted by atomic mass is 9.95. The number of carbonyl (C=O) groups is 1. The fraction of sp³-hybridized carbons (Fsp3) is 0.160. The van der Waals surface area contributed by atoms with E-state index < -0.39 is 0 Å². The van der Waals surface area contributed by atoms with Crippen molar-refractivity contribution in [2.24, 2.45) is 0 Å². The quantitative estimate of drug-likeness (QED) is 0.429. The van der Waals surface area contributed by atoms with Crippen molar-refractivity contribution in [3.63, 3.8) is 0 Å². The molecule has 30 heavy (non-hydrogen) atoms. The van der Waals surface area contributed by atoms with Crippen LogP contribution in [0.25, 0.3) is 22.0 Å². The van der Waals surface area contributed by atoms with Gasteiger partial charge in [0.2, 0.25) is 0 Å². The molecule has 0 saturated heterocycles. The summed E-state index contributed by atoms with van der Waals surface area (Å²) in [5, 5.41) is 10.8. The highest BCUT2D eigenvalue weighted by Gasteiger charge is 2.22. The zero-order valence-corrected chi connectivity index (χ0v) is 16.9. The Labute approximate surface area is 174 Å². The molecule has 1 heterocycles. The molecule has 0 unspecified atom stereocenters. The number of benzene rings is 3. The Morgan fingerprint density at radius 3 is 2.50 bits per heavy atom. The zero-order chi connectivity index (χ0) is 21.1. The smallest absolute Gasteiger partial charge is 0.355 e. The van der Waals surface area contributed by atoms with Gasteiger partial charge in [-0.2, -0.15) is 0 Å². The Bertz CT molecular complexity index is 1190. The van der Waals surface area contributed by atoms with Gasteiger partial charge in [0.25, 0.3) is 0 Å². The number of ether oxygens (including phenoxy) is 2. The van der Waals surface area contributed by atoms with Crippen LogP contribution in [0.3, 0.4) is 0 Å². The Morgan fingerprint density at radius 1 is 1.03 bits per heavy atom. The third-order valence-electron chi connectivity index (χ3n) is 5.07. The number of hydrogen-bond donors (Lipinski definition) is 2. The number of hydrogen-bond acceptors (Lipinski definition) is 4. The van der Waals surface area contributed by atoms with Crippen LogP contribution in [-0.4, -0.2) is 29.8 Å². The Balaban J connectivity index is 1.92. The van der Waals surface area contributed by atoms with Gasteiger partial charge < -0.3 is 19.6 Å². The predicted molar refractivity (Wildman–Crippen MR) is 117 cm³/mol. The number of H-pyrrole nitrogens is 1. The molecule has 4 rings (SSSR count). The van der Waals surface area contributed by atoms with Crippen molar-refractivity contribution in [3.05, 3.63) is 83.6 Å². The van der Waals surface area contributed by atoms with E-state index in [4.69, 9.17) is 9.47 Å². The van der Waals surface area contributed by atoms with Crippen molar-refractivity contribution in [2.45, 2.75) is 13.3 Å². The standard InChI is InChI=1S/C25H23NO4/c1-3-30-25(28)24-23(17-10-12-20(29-2)13-11-17)22-18(7-5-9-21(22)26-24)14-16-6-4-8-19(27)15-16/h4-13,15,26-27H,3,14H2,1-2H3. The summed E-state index contributed by atoms with van der Waals surface area (Å²) in [6.07, 6.45) is 0.620. The van der Waals surface area contributed by atoms with E-state index in [-0.39, 0.29) is 11.7 Å². The van der Waals surface area contributed by atoms with Crippen molar-refractivity contribution >= 4 is 16.9 Å². The summed E-state index contributed by atoms with van der Waals surface area (Å²) in [6.45, 7) is 2.09. The molecule has 152 valence electrons. The van der Waals surface area contributed by atoms with Crippen molar-refractivity contribution < 1.29 is 19.4 Å². The number of nitrogens with one attached hydrogen (secondary N) is 1. The highest BCUT2D eigenvalue weighted by Crippen LogP contribution is 2.37. The SMILES string of the molecule is CCOC(=O)c1[nH]c2cccc(Cc3cccc(O)c3)c2c1-c1ccc(OC)cc1. The largest absolute Gasteiger partial charge is 0.508 e. The number of rotatable bonds is 6. The molecule has 0 radical (unpaired) electrons. The number of aromatic amines is 1. The molecule has 0 aliphatic rings. The van der Waals surface area contributed by atoms with E-state index in [2.05, 4.69) is 4.98 Å². The number of fused-ring (bicyclic) bond motifs is 1. The summed E-state index contributed by atoms with van der Waals surface area (Å²) in [7, 11) is 1.62. The van der Waals surface area contributed by atoms with Crippen LogP contribution in [0.2, 0.25) is 0 Å². The second kappa shape index (κ2) is 8.33. The van der Waals surface area contributed by atoms with E-state index in [1.807, 2.05) is 54.6 Å². The third-order valence-corrected chi connectivity index (χ3v) is 5.07. The lowest BCUT2D eigenvalue weighted by Crippen LogP contribution is -2.06. The van der Waals surface area contributed by atoms with E-state index in [9.17, 15) is 9.90 Å². The number of aromatic nitrogens is 1. The minimum absolute atomic E-state index is 0.233. The maximum Gasteiger partial charge on any atom is 0.355 e. The monoisotopic (exact) mass is 401 g/mol. The van der Waals surface area contributed by atoms with Crippen molar-refractivity contribution in [1.29, 1.82) is 0 Å². The summed E-state index contributed by atoms with van der Waals surface area (Å²) in [5.41, 5.74) is 5.04. The lowest BCUT2D eigenvalue weighted by molar-refractivity contribution is 0.0521. The molecule has 5 nitrogen and oxygen atoms in total. The van der Waals surface area contributed by atoms with E-state index in [0.29, 0.717) is 18.7 Å². The van der Waals surface area contributed by atoms with Gasteiger partial charge >= 0.3 is 5.97 Å². The fourth-order valence-electron chi connectivity index (χ4n) is 3.76. The number of esters is 1. The van der Waals surface area contributed by atoms with Gasteiger partial charge in [-0.25, -0.2) is 4.79 Å². The van der Waals surface area contributed by atoms with Crippen LogP contribution in [0.15, 0.2) is 66.7 Å². The summed E-state index contributed by atoms with van der Waals surface area (Å²) in [4.78, 5) is 16.0. The van der Waals surface area contributed by atoms with Crippen molar-refractivity contribution in [1.82, 2.24) is 4.98 Å². The van der Waals surface area contributed by atoms with E-state index in [1.54, 1.807) is 26.2 Å². The molecule has 0 atom stereocenters. The number of phenolic OH excluding ortho intramolecular Hbond substituents is 1. The molecule has 3 aromatic carbocycles. The van der Waals surface area contributed by atoms with E-state index in [1.165, 1.54) is 0 Å². The average molecular weight is 401 g/mol. The zero-order valence-electron chi connectivity index (χ0n) is 16.9. The van der Waals surface area contributed by atoms with Gasteiger partial charge in [0.05, 0.1) is 13.7 Å². The fourth-order valence-corrected chi connectivity index (χ4v) is 3.76. The second-order valence-corrected chi connectivity index (χ2v) is 7.01. The molecule has 1 aromatic heterocycles. The van der Waals surface area contributed by atoms with Crippen molar-refractivity contribution in [2.75, 3.05) is 13.7 Å². The van der Waals surface area contributed by atoms with Gasteiger partial charge in [-0.3, -0.25) is 0 Å². The Morgan fingerprint density at radius 2 is 1.80 bits per heavy atom. The highest BCUT2D eigenvalue weighted by molar-refractivity contribution is 6.09. The minimum atomic E-state index is -0.386. The third kappa shape index (κ3) is 3.74. The van der Waals surface area contributed by atoms with Gasteiger partial charge in [0.1, 0.15) is 17.2 Å². The minimum Gasteiger partial charge on any atom is -0.508 e. The summed E-state index contributed by atoms with van der Waals surface area (Å²) in [5.74, 6) is 0.593. The number of methoxy groups -OCH3 is 1. The first-order valence-corrected chi connectivity index (χ1v) is 9.83. The normalized spacial score (nSPS) is 10.9. The molecular weight excluding hydrogens is 378 g/mol. The average Bonchev–Trinajstić information content (AvgIpc) is 3.15. The molecular formula is C25H23NO4. The molecule has 0 fully saturated rings. The summed E-state index contributed by atoms with van der Waals surface area (Å²) < 4.78 is 10.6. The Kier molecular flexibility index (Phi) is 5.44. The highest BCUT2D eigenvalue weighted by atomic mass is 16.5. The topological polar surface area (TPSA) is 71.6 Å². The number of carbonyl (C=O) groups excluding carboxylic acids is 1. The van der Waals surface area contributed by atoms with E-state index in [0.717, 1.165) is 38.9 Å². The molecule has 0 aliphatic heterocycles. The first-order chi connectivity index (χ1) is 14.6. The van der Waals surface area contributed by atoms with Crippen LogP contribution in [0.4, 0.5) is 0 Å². The predicted octanol–water partition coefficient (Wildman–Crippen LogP) is 5.32. The van der Waals surface area contributed by atoms with Crippen LogP contribution < -0.4 is 4.74 Å². The molecule has 5 heteroatoms. The summed E-state index contributed by atoms with van der Waals surface area (Å²) in [6, 6.07) is 20.8. The van der Waals surface area contributed by atoms with Crippen LogP contribution >= 0.6 is 0 Å². The molecule has 0 aliphatic carbocycles. The van der Waals surface area contributed by atoms with Gasteiger partial charge in [-0.15, -0.1) is 0 Å². The molecule has 4 aromatic rings. The van der Waals surface area contributed by atoms with Crippen LogP contribution in [0, 0.1) is 0 Å². The van der Waals surface area contributed by atoms with Gasteiger partial charge in [-0.1, -0.05) is 36.4 Å². The molecule has 0 spiro atoms. The number of phenols is 1. The van der Waals surface area contributed by atoms with Gasteiger partial charge in [0.15, 0.2) is 0 Å². The van der Waals surface area contributed by atoms with Gasteiger partial charge in [-0.05, 0) is 60.4 Å². The van der Waals surface area contributed by atoms with Gasteiger partial charge in [0, 0.05) is 16.5 Å². The molecule has 0 saturated carbocycles. The molecule has 0 bridgehead atoms. The lowest BCUT2D eigenvalue weighted by Gasteiger charge is -2.10. The first-order valence-electron chi connectivity index (χ1n) is 9.83. The van der Waals surface area contributed by atoms with Crippen LogP contribution in [0.5, 0.6) is 11.5 Å². The number of aromatic hydroxyl groups is 1. The Hall–Kier alpha value is -3.73.